The molecule has 146 valence electrons. The lowest BCUT2D eigenvalue weighted by molar-refractivity contribution is 0.352. The van der Waals surface area contributed by atoms with E-state index in [1.807, 2.05) is 30.3 Å². The SMILES string of the molecule is CN=C(NCCc1ccccc1OC)NCc1cc(Br)c(OC)c(OC)c1. The Bertz CT molecular complexity index is 781. The molecule has 0 aromatic heterocycles. The van der Waals surface area contributed by atoms with E-state index in [4.69, 9.17) is 14.2 Å². The van der Waals surface area contributed by atoms with Crippen molar-refractivity contribution in [3.05, 3.63) is 52.0 Å². The molecule has 0 atom stereocenters. The van der Waals surface area contributed by atoms with Crippen LogP contribution in [0.3, 0.4) is 0 Å². The third-order valence-electron chi connectivity index (χ3n) is 4.06. The molecule has 0 fully saturated rings. The third kappa shape index (κ3) is 5.79. The monoisotopic (exact) mass is 435 g/mol. The molecule has 0 heterocycles. The van der Waals surface area contributed by atoms with E-state index in [1.54, 1.807) is 28.4 Å². The van der Waals surface area contributed by atoms with Crippen molar-refractivity contribution in [2.24, 2.45) is 4.99 Å². The maximum absolute atomic E-state index is 5.39. The number of halogens is 1. The maximum Gasteiger partial charge on any atom is 0.191 e. The fraction of sp³-hybridized carbons (Fsp3) is 0.350. The minimum Gasteiger partial charge on any atom is -0.496 e. The minimum absolute atomic E-state index is 0.604. The second-order valence-electron chi connectivity index (χ2n) is 5.73. The van der Waals surface area contributed by atoms with Gasteiger partial charge in [-0.1, -0.05) is 18.2 Å². The summed E-state index contributed by atoms with van der Waals surface area (Å²) >= 11 is 3.51. The zero-order chi connectivity index (χ0) is 19.6. The predicted molar refractivity (Wildman–Crippen MR) is 112 cm³/mol. The van der Waals surface area contributed by atoms with Gasteiger partial charge in [-0.05, 0) is 51.7 Å². The van der Waals surface area contributed by atoms with Crippen molar-refractivity contribution < 1.29 is 14.2 Å². The Morgan fingerprint density at radius 1 is 1.00 bits per heavy atom. The number of ether oxygens (including phenoxy) is 3. The van der Waals surface area contributed by atoms with E-state index in [0.29, 0.717) is 18.0 Å². The van der Waals surface area contributed by atoms with Gasteiger partial charge in [0.25, 0.3) is 0 Å². The molecule has 0 amide bonds. The van der Waals surface area contributed by atoms with Crippen LogP contribution in [0.15, 0.2) is 45.9 Å². The quantitative estimate of drug-likeness (QED) is 0.491. The molecule has 0 unspecified atom stereocenters. The molecule has 2 rings (SSSR count). The fourth-order valence-electron chi connectivity index (χ4n) is 2.70. The lowest BCUT2D eigenvalue weighted by Gasteiger charge is -2.15. The van der Waals surface area contributed by atoms with Crippen LogP contribution < -0.4 is 24.8 Å². The summed E-state index contributed by atoms with van der Waals surface area (Å²) in [5.74, 6) is 3.00. The van der Waals surface area contributed by atoms with Gasteiger partial charge in [-0.25, -0.2) is 0 Å². The molecule has 2 N–H and O–H groups in total. The summed E-state index contributed by atoms with van der Waals surface area (Å²) in [6.07, 6.45) is 0.840. The summed E-state index contributed by atoms with van der Waals surface area (Å²) in [6, 6.07) is 12.0. The number of aliphatic imine (C=N–C) groups is 1. The van der Waals surface area contributed by atoms with Gasteiger partial charge in [-0.15, -0.1) is 0 Å². The fourth-order valence-corrected chi connectivity index (χ4v) is 3.36. The first-order valence-electron chi connectivity index (χ1n) is 8.59. The van der Waals surface area contributed by atoms with E-state index in [2.05, 4.69) is 37.6 Å². The van der Waals surface area contributed by atoms with Gasteiger partial charge in [0, 0.05) is 20.1 Å². The maximum atomic E-state index is 5.39. The van der Waals surface area contributed by atoms with Crippen LogP contribution >= 0.6 is 15.9 Å². The van der Waals surface area contributed by atoms with Crippen LogP contribution in [-0.4, -0.2) is 40.9 Å². The van der Waals surface area contributed by atoms with E-state index >= 15 is 0 Å². The molecule has 0 aliphatic rings. The molecule has 0 radical (unpaired) electrons. The standard InChI is InChI=1S/C20H26BrN3O3/c1-22-20(23-10-9-15-7-5-6-8-17(15)25-2)24-13-14-11-16(21)19(27-4)18(12-14)26-3/h5-8,11-12H,9-10,13H2,1-4H3,(H2,22,23,24). The molecule has 0 aliphatic heterocycles. The predicted octanol–water partition coefficient (Wildman–Crippen LogP) is 3.38. The van der Waals surface area contributed by atoms with E-state index in [0.717, 1.165) is 40.3 Å². The number of guanidine groups is 1. The van der Waals surface area contributed by atoms with Crippen molar-refractivity contribution >= 4 is 21.9 Å². The molecule has 0 bridgehead atoms. The highest BCUT2D eigenvalue weighted by atomic mass is 79.9. The Kier molecular flexibility index (Phi) is 8.26. The summed E-state index contributed by atoms with van der Waals surface area (Å²) in [5, 5.41) is 6.63. The van der Waals surface area contributed by atoms with Crippen molar-refractivity contribution in [1.82, 2.24) is 10.6 Å². The van der Waals surface area contributed by atoms with Crippen LogP contribution in [0.1, 0.15) is 11.1 Å². The summed E-state index contributed by atoms with van der Waals surface area (Å²) in [5.41, 5.74) is 2.21. The van der Waals surface area contributed by atoms with Crippen LogP contribution in [0.4, 0.5) is 0 Å². The number of hydrogen-bond acceptors (Lipinski definition) is 4. The first-order valence-corrected chi connectivity index (χ1v) is 9.39. The van der Waals surface area contributed by atoms with E-state index in [-0.39, 0.29) is 0 Å². The van der Waals surface area contributed by atoms with E-state index < -0.39 is 0 Å². The van der Waals surface area contributed by atoms with Crippen LogP contribution in [0.2, 0.25) is 0 Å². The molecule has 7 heteroatoms. The van der Waals surface area contributed by atoms with Crippen molar-refractivity contribution in [3.8, 4) is 17.2 Å². The first-order chi connectivity index (χ1) is 13.1. The Balaban J connectivity index is 1.91. The summed E-state index contributed by atoms with van der Waals surface area (Å²) in [7, 11) is 6.69. The molecule has 2 aromatic rings. The molecule has 2 aromatic carbocycles. The van der Waals surface area contributed by atoms with Gasteiger partial charge in [-0.2, -0.15) is 0 Å². The normalized spacial score (nSPS) is 11.1. The number of nitrogens with zero attached hydrogens (tertiary/aromatic N) is 1. The van der Waals surface area contributed by atoms with Crippen LogP contribution in [-0.2, 0) is 13.0 Å². The van der Waals surface area contributed by atoms with Crippen LogP contribution in [0, 0.1) is 0 Å². The van der Waals surface area contributed by atoms with Crippen molar-refractivity contribution in [2.75, 3.05) is 34.9 Å². The van der Waals surface area contributed by atoms with Gasteiger partial charge in [-0.3, -0.25) is 4.99 Å². The van der Waals surface area contributed by atoms with Crippen molar-refractivity contribution in [2.45, 2.75) is 13.0 Å². The Labute approximate surface area is 169 Å². The highest BCUT2D eigenvalue weighted by molar-refractivity contribution is 9.10. The summed E-state index contributed by atoms with van der Waals surface area (Å²) in [6.45, 7) is 1.35. The molecule has 27 heavy (non-hydrogen) atoms. The van der Waals surface area contributed by atoms with Gasteiger partial charge in [0.05, 0.1) is 25.8 Å². The lowest BCUT2D eigenvalue weighted by Crippen LogP contribution is -2.37. The Morgan fingerprint density at radius 3 is 2.41 bits per heavy atom. The number of hydrogen-bond donors (Lipinski definition) is 2. The number of nitrogens with one attached hydrogen (secondary N) is 2. The smallest absolute Gasteiger partial charge is 0.191 e. The Morgan fingerprint density at radius 2 is 1.74 bits per heavy atom. The molecular weight excluding hydrogens is 410 g/mol. The largest absolute Gasteiger partial charge is 0.496 e. The van der Waals surface area contributed by atoms with Gasteiger partial charge >= 0.3 is 0 Å². The van der Waals surface area contributed by atoms with E-state index in [1.165, 1.54) is 0 Å². The summed E-state index contributed by atoms with van der Waals surface area (Å²) < 4.78 is 17.0. The van der Waals surface area contributed by atoms with Crippen LogP contribution in [0.5, 0.6) is 17.2 Å². The van der Waals surface area contributed by atoms with Crippen molar-refractivity contribution in [3.63, 3.8) is 0 Å². The van der Waals surface area contributed by atoms with Crippen molar-refractivity contribution in [1.29, 1.82) is 0 Å². The third-order valence-corrected chi connectivity index (χ3v) is 4.65. The van der Waals surface area contributed by atoms with Gasteiger partial charge in [0.2, 0.25) is 0 Å². The molecule has 0 spiro atoms. The van der Waals surface area contributed by atoms with Gasteiger partial charge < -0.3 is 24.8 Å². The van der Waals surface area contributed by atoms with Crippen LogP contribution in [0.25, 0.3) is 0 Å². The average Bonchev–Trinajstić information content (AvgIpc) is 2.70. The zero-order valence-corrected chi connectivity index (χ0v) is 17.7. The van der Waals surface area contributed by atoms with E-state index in [9.17, 15) is 0 Å². The highest BCUT2D eigenvalue weighted by Gasteiger charge is 2.11. The molecule has 0 saturated carbocycles. The number of methoxy groups -OCH3 is 3. The molecule has 0 aliphatic carbocycles. The van der Waals surface area contributed by atoms with Gasteiger partial charge in [0.15, 0.2) is 17.5 Å². The number of benzene rings is 2. The Hall–Kier alpha value is -2.41. The highest BCUT2D eigenvalue weighted by Crippen LogP contribution is 2.36. The average molecular weight is 436 g/mol. The second kappa shape index (κ2) is 10.7. The minimum atomic E-state index is 0.604. The lowest BCUT2D eigenvalue weighted by atomic mass is 10.1. The molecular formula is C20H26BrN3O3. The zero-order valence-electron chi connectivity index (χ0n) is 16.1. The molecule has 0 saturated heterocycles. The first kappa shape index (κ1) is 20.9. The summed E-state index contributed by atoms with van der Waals surface area (Å²) in [4.78, 5) is 4.27. The molecule has 6 nitrogen and oxygen atoms in total. The van der Waals surface area contributed by atoms with Gasteiger partial charge in [0.1, 0.15) is 5.75 Å². The number of rotatable bonds is 8. The second-order valence-corrected chi connectivity index (χ2v) is 6.58. The topological polar surface area (TPSA) is 64.1 Å². The number of para-hydroxylation sites is 1.